The van der Waals surface area contributed by atoms with Gasteiger partial charge in [0.1, 0.15) is 0 Å². The molecule has 0 radical (unpaired) electrons. The Labute approximate surface area is 160 Å². The van der Waals surface area contributed by atoms with E-state index in [4.69, 9.17) is 11.6 Å². The molecule has 5 nitrogen and oxygen atoms in total. The molecule has 0 aliphatic heterocycles. The fraction of sp³-hybridized carbons (Fsp3) is 0. The van der Waals surface area contributed by atoms with Gasteiger partial charge in [-0.3, -0.25) is 4.79 Å². The van der Waals surface area contributed by atoms with Crippen LogP contribution in [-0.4, -0.2) is 15.0 Å². The summed E-state index contributed by atoms with van der Waals surface area (Å²) in [6.45, 7) is 0. The van der Waals surface area contributed by atoms with E-state index in [0.717, 1.165) is 11.3 Å². The van der Waals surface area contributed by atoms with E-state index in [1.54, 1.807) is 18.3 Å². The van der Waals surface area contributed by atoms with Crippen molar-refractivity contribution < 1.29 is 0 Å². The van der Waals surface area contributed by atoms with Gasteiger partial charge in [0.15, 0.2) is 0 Å². The first-order valence-electron chi connectivity index (χ1n) is 8.34. The largest absolute Gasteiger partial charge is 0.324 e. The Hall–Kier alpha value is -3.44. The van der Waals surface area contributed by atoms with Crippen molar-refractivity contribution in [3.63, 3.8) is 0 Å². The summed E-state index contributed by atoms with van der Waals surface area (Å²) >= 11 is 6.27. The summed E-state index contributed by atoms with van der Waals surface area (Å²) in [6, 6.07) is 22.2. The Morgan fingerprint density at radius 1 is 0.926 bits per heavy atom. The number of H-pyrrole nitrogens is 1. The minimum absolute atomic E-state index is 0.224. The van der Waals surface area contributed by atoms with Crippen molar-refractivity contribution in [3.05, 3.63) is 94.4 Å². The van der Waals surface area contributed by atoms with Gasteiger partial charge in [0.05, 0.1) is 11.4 Å². The van der Waals surface area contributed by atoms with Crippen LogP contribution in [0, 0.1) is 0 Å². The third-order valence-electron chi connectivity index (χ3n) is 3.99. The molecule has 0 bridgehead atoms. The van der Waals surface area contributed by atoms with Crippen molar-refractivity contribution in [1.29, 1.82) is 0 Å². The average Bonchev–Trinajstić information content (AvgIpc) is 2.69. The van der Waals surface area contributed by atoms with Crippen LogP contribution in [0.5, 0.6) is 0 Å². The highest BCUT2D eigenvalue weighted by Gasteiger charge is 2.09. The number of benzene rings is 2. The molecule has 6 heteroatoms. The summed E-state index contributed by atoms with van der Waals surface area (Å²) in [5, 5.41) is 3.72. The predicted molar refractivity (Wildman–Crippen MR) is 108 cm³/mol. The first-order chi connectivity index (χ1) is 13.2. The molecule has 2 aromatic carbocycles. The van der Waals surface area contributed by atoms with Crippen molar-refractivity contribution in [2.75, 3.05) is 5.32 Å². The number of rotatable bonds is 4. The van der Waals surface area contributed by atoms with Gasteiger partial charge < -0.3 is 10.3 Å². The zero-order valence-corrected chi connectivity index (χ0v) is 14.9. The molecule has 0 fully saturated rings. The van der Waals surface area contributed by atoms with E-state index in [9.17, 15) is 4.79 Å². The molecule has 4 aromatic rings. The topological polar surface area (TPSA) is 70.7 Å². The highest BCUT2D eigenvalue weighted by atomic mass is 35.5. The lowest BCUT2D eigenvalue weighted by Crippen LogP contribution is -2.07. The number of aromatic amines is 1. The SMILES string of the molecule is O=c1cc(-c2ccnc(Nc3ccccc3)n2)cc(-c2ccccc2Cl)[nH]1. The minimum atomic E-state index is -0.224. The fourth-order valence-corrected chi connectivity index (χ4v) is 2.98. The summed E-state index contributed by atoms with van der Waals surface area (Å²) in [4.78, 5) is 23.8. The second-order valence-corrected chi connectivity index (χ2v) is 6.29. The van der Waals surface area contributed by atoms with Crippen LogP contribution in [0.15, 0.2) is 83.8 Å². The molecule has 0 unspecified atom stereocenters. The molecular weight excluding hydrogens is 360 g/mol. The summed E-state index contributed by atoms with van der Waals surface area (Å²) in [5.74, 6) is 0.457. The smallest absolute Gasteiger partial charge is 0.249 e. The van der Waals surface area contributed by atoms with E-state index >= 15 is 0 Å². The third-order valence-corrected chi connectivity index (χ3v) is 4.32. The molecule has 0 atom stereocenters. The molecule has 27 heavy (non-hydrogen) atoms. The molecule has 2 heterocycles. The Kier molecular flexibility index (Phi) is 4.68. The Morgan fingerprint density at radius 3 is 2.52 bits per heavy atom. The summed E-state index contributed by atoms with van der Waals surface area (Å²) in [7, 11) is 0. The molecule has 0 spiro atoms. The van der Waals surface area contributed by atoms with Gasteiger partial charge in [-0.05, 0) is 30.3 Å². The Balaban J connectivity index is 1.73. The van der Waals surface area contributed by atoms with Crippen LogP contribution < -0.4 is 10.9 Å². The number of hydrogen-bond acceptors (Lipinski definition) is 4. The van der Waals surface area contributed by atoms with Crippen LogP contribution >= 0.6 is 11.6 Å². The zero-order chi connectivity index (χ0) is 18.6. The van der Waals surface area contributed by atoms with Gasteiger partial charge in [-0.15, -0.1) is 0 Å². The van der Waals surface area contributed by atoms with Crippen molar-refractivity contribution in [2.24, 2.45) is 0 Å². The highest BCUT2D eigenvalue weighted by Crippen LogP contribution is 2.28. The van der Waals surface area contributed by atoms with Gasteiger partial charge in [-0.2, -0.15) is 0 Å². The Bertz CT molecular complexity index is 1140. The number of nitrogens with zero attached hydrogens (tertiary/aromatic N) is 2. The van der Waals surface area contributed by atoms with Crippen LogP contribution in [0.3, 0.4) is 0 Å². The monoisotopic (exact) mass is 374 g/mol. The van der Waals surface area contributed by atoms with E-state index in [0.29, 0.717) is 27.9 Å². The van der Waals surface area contributed by atoms with Gasteiger partial charge in [0.2, 0.25) is 11.5 Å². The third kappa shape index (κ3) is 3.88. The van der Waals surface area contributed by atoms with Crippen molar-refractivity contribution >= 4 is 23.2 Å². The maximum absolute atomic E-state index is 12.2. The standard InChI is InChI=1S/C21H15ClN4O/c22-17-9-5-4-8-16(17)19-12-14(13-20(27)25-19)18-10-11-23-21(26-18)24-15-6-2-1-3-7-15/h1-13H,(H,25,27)(H,23,24,26). The molecular formula is C21H15ClN4O. The van der Waals surface area contributed by atoms with E-state index in [2.05, 4.69) is 20.3 Å². The van der Waals surface area contributed by atoms with E-state index in [-0.39, 0.29) is 5.56 Å². The van der Waals surface area contributed by atoms with E-state index in [1.165, 1.54) is 6.07 Å². The van der Waals surface area contributed by atoms with E-state index < -0.39 is 0 Å². The predicted octanol–water partition coefficient (Wildman–Crippen LogP) is 4.90. The second kappa shape index (κ2) is 7.43. The number of halogens is 1. The van der Waals surface area contributed by atoms with Gasteiger partial charge in [0, 0.05) is 34.1 Å². The number of aromatic nitrogens is 3. The first kappa shape index (κ1) is 17.0. The first-order valence-corrected chi connectivity index (χ1v) is 8.71. The molecule has 2 aromatic heterocycles. The fourth-order valence-electron chi connectivity index (χ4n) is 2.75. The van der Waals surface area contributed by atoms with Crippen LogP contribution in [0.1, 0.15) is 0 Å². The maximum Gasteiger partial charge on any atom is 0.249 e. The van der Waals surface area contributed by atoms with Crippen LogP contribution in [0.2, 0.25) is 5.02 Å². The lowest BCUT2D eigenvalue weighted by Gasteiger charge is -2.09. The molecule has 132 valence electrons. The number of anilines is 2. The molecule has 0 saturated heterocycles. The molecule has 0 saturated carbocycles. The summed E-state index contributed by atoms with van der Waals surface area (Å²) in [6.07, 6.45) is 1.66. The zero-order valence-electron chi connectivity index (χ0n) is 14.2. The molecule has 4 rings (SSSR count). The number of para-hydroxylation sites is 1. The lowest BCUT2D eigenvalue weighted by molar-refractivity contribution is 1.16. The quantitative estimate of drug-likeness (QED) is 0.533. The average molecular weight is 375 g/mol. The lowest BCUT2D eigenvalue weighted by atomic mass is 10.1. The van der Waals surface area contributed by atoms with Crippen molar-refractivity contribution in [3.8, 4) is 22.5 Å². The summed E-state index contributed by atoms with van der Waals surface area (Å²) in [5.41, 5.74) is 3.39. The van der Waals surface area contributed by atoms with Gasteiger partial charge in [-0.1, -0.05) is 48.0 Å². The molecule has 0 aliphatic carbocycles. The summed E-state index contributed by atoms with van der Waals surface area (Å²) < 4.78 is 0. The van der Waals surface area contributed by atoms with Crippen LogP contribution in [0.25, 0.3) is 22.5 Å². The number of hydrogen-bond donors (Lipinski definition) is 2. The second-order valence-electron chi connectivity index (χ2n) is 5.88. The molecule has 0 amide bonds. The van der Waals surface area contributed by atoms with Crippen molar-refractivity contribution in [2.45, 2.75) is 0 Å². The van der Waals surface area contributed by atoms with Crippen LogP contribution in [-0.2, 0) is 0 Å². The molecule has 2 N–H and O–H groups in total. The van der Waals surface area contributed by atoms with Crippen molar-refractivity contribution in [1.82, 2.24) is 15.0 Å². The van der Waals surface area contributed by atoms with E-state index in [1.807, 2.05) is 54.6 Å². The minimum Gasteiger partial charge on any atom is -0.324 e. The highest BCUT2D eigenvalue weighted by molar-refractivity contribution is 6.33. The van der Waals surface area contributed by atoms with Gasteiger partial charge in [0.25, 0.3) is 0 Å². The normalized spacial score (nSPS) is 10.6. The number of pyridine rings is 1. The van der Waals surface area contributed by atoms with Gasteiger partial charge in [-0.25, -0.2) is 9.97 Å². The van der Waals surface area contributed by atoms with Crippen LogP contribution in [0.4, 0.5) is 11.6 Å². The molecule has 0 aliphatic rings. The maximum atomic E-state index is 12.2. The van der Waals surface area contributed by atoms with Gasteiger partial charge >= 0.3 is 0 Å². The number of nitrogens with one attached hydrogen (secondary N) is 2. The Morgan fingerprint density at radius 2 is 1.70 bits per heavy atom.